The first-order chi connectivity index (χ1) is 8.88. The van der Waals surface area contributed by atoms with Crippen LogP contribution >= 0.6 is 11.8 Å². The fourth-order valence-corrected chi connectivity index (χ4v) is 5.80. The average molecular weight is 305 g/mol. The van der Waals surface area contributed by atoms with Crippen molar-refractivity contribution in [3.05, 3.63) is 0 Å². The third-order valence-corrected chi connectivity index (χ3v) is 7.40. The lowest BCUT2D eigenvalue weighted by atomic mass is 10.0. The Kier molecular flexibility index (Phi) is 4.47. The molecule has 19 heavy (non-hydrogen) atoms. The Bertz CT molecular complexity index is 446. The van der Waals surface area contributed by atoms with Gasteiger partial charge in [0, 0.05) is 36.8 Å². The molecule has 1 aliphatic heterocycles. The molecule has 0 aromatic heterocycles. The number of hydrogen-bond acceptors (Lipinski definition) is 5. The Hall–Kier alpha value is -0.270. The van der Waals surface area contributed by atoms with Crippen LogP contribution in [0, 0.1) is 10.8 Å². The summed E-state index contributed by atoms with van der Waals surface area (Å²) in [6.07, 6.45) is 2.74. The molecule has 5 nitrogen and oxygen atoms in total. The van der Waals surface area contributed by atoms with Gasteiger partial charge in [0.25, 0.3) is 0 Å². The third-order valence-electron chi connectivity index (χ3n) is 4.07. The number of nitrogens with zero attached hydrogens (tertiary/aromatic N) is 1. The van der Waals surface area contributed by atoms with Crippen molar-refractivity contribution in [3.8, 4) is 0 Å². The zero-order valence-corrected chi connectivity index (χ0v) is 13.0. The zero-order chi connectivity index (χ0) is 14.1. The molecule has 1 saturated carbocycles. The summed E-state index contributed by atoms with van der Waals surface area (Å²) in [5.74, 6) is 2.09. The van der Waals surface area contributed by atoms with Gasteiger partial charge in [-0.15, -0.1) is 0 Å². The Morgan fingerprint density at radius 1 is 1.53 bits per heavy atom. The van der Waals surface area contributed by atoms with Crippen LogP contribution in [-0.4, -0.2) is 54.9 Å². The van der Waals surface area contributed by atoms with Crippen LogP contribution < -0.4 is 5.73 Å². The number of nitrogens with one attached hydrogen (secondary N) is 1. The van der Waals surface area contributed by atoms with Crippen LogP contribution in [0.25, 0.3) is 0 Å². The highest BCUT2D eigenvalue weighted by molar-refractivity contribution is 8.01. The van der Waals surface area contributed by atoms with E-state index in [1.165, 1.54) is 0 Å². The summed E-state index contributed by atoms with van der Waals surface area (Å²) in [6.45, 7) is 3.32. The molecule has 1 saturated heterocycles. The summed E-state index contributed by atoms with van der Waals surface area (Å²) in [5, 5.41) is 7.11. The van der Waals surface area contributed by atoms with Gasteiger partial charge in [0.1, 0.15) is 5.37 Å². The molecule has 3 N–H and O–H groups in total. The van der Waals surface area contributed by atoms with Crippen molar-refractivity contribution in [2.75, 3.05) is 30.3 Å². The molecule has 1 heterocycles. The van der Waals surface area contributed by atoms with E-state index in [4.69, 9.17) is 11.1 Å². The molecule has 2 rings (SSSR count). The average Bonchev–Trinajstić information content (AvgIpc) is 3.08. The van der Waals surface area contributed by atoms with Gasteiger partial charge in [-0.05, 0) is 18.3 Å². The van der Waals surface area contributed by atoms with Crippen molar-refractivity contribution in [1.29, 1.82) is 5.41 Å². The predicted molar refractivity (Wildman–Crippen MR) is 80.3 cm³/mol. The Labute approximate surface area is 119 Å². The van der Waals surface area contributed by atoms with E-state index in [0.717, 1.165) is 31.7 Å². The van der Waals surface area contributed by atoms with Gasteiger partial charge in [-0.2, -0.15) is 11.8 Å². The first-order valence-electron chi connectivity index (χ1n) is 6.75. The van der Waals surface area contributed by atoms with Crippen LogP contribution in [-0.2, 0) is 9.84 Å². The monoisotopic (exact) mass is 305 g/mol. The third kappa shape index (κ3) is 3.64. The lowest BCUT2D eigenvalue weighted by molar-refractivity contribution is 0.218. The van der Waals surface area contributed by atoms with E-state index >= 15 is 0 Å². The summed E-state index contributed by atoms with van der Waals surface area (Å²) in [6, 6.07) is 0. The molecule has 1 unspecified atom stereocenters. The van der Waals surface area contributed by atoms with Crippen LogP contribution in [0.15, 0.2) is 0 Å². The van der Waals surface area contributed by atoms with Crippen molar-refractivity contribution in [3.63, 3.8) is 0 Å². The Morgan fingerprint density at radius 3 is 2.74 bits per heavy atom. The van der Waals surface area contributed by atoms with Gasteiger partial charge in [-0.1, -0.05) is 6.92 Å². The van der Waals surface area contributed by atoms with Gasteiger partial charge >= 0.3 is 0 Å². The molecule has 1 aliphatic carbocycles. The highest BCUT2D eigenvalue weighted by Gasteiger charge is 2.46. The predicted octanol–water partition coefficient (Wildman–Crippen LogP) is 0.902. The standard InChI is InChI=1S/C12H23N3O2S2/c1-2-19(16,17)11-8-18-6-5-15(11)9-12(3-4-12)7-10(13)14/h11H,2-9H2,1H3,(H3,13,14). The lowest BCUT2D eigenvalue weighted by Crippen LogP contribution is -2.50. The fraction of sp³-hybridized carbons (Fsp3) is 0.917. The highest BCUT2D eigenvalue weighted by atomic mass is 32.2. The molecule has 0 aromatic rings. The number of sulfone groups is 1. The SMILES string of the molecule is CCS(=O)(=O)C1CSCCN1CC1(CC(=N)N)CC1. The van der Waals surface area contributed by atoms with Gasteiger partial charge < -0.3 is 5.73 Å². The Balaban J connectivity index is 2.07. The molecule has 0 bridgehead atoms. The minimum atomic E-state index is -3.02. The lowest BCUT2D eigenvalue weighted by Gasteiger charge is -2.37. The van der Waals surface area contributed by atoms with Gasteiger partial charge in [-0.25, -0.2) is 8.42 Å². The van der Waals surface area contributed by atoms with Gasteiger partial charge in [0.15, 0.2) is 9.84 Å². The van der Waals surface area contributed by atoms with E-state index in [0.29, 0.717) is 12.2 Å². The van der Waals surface area contributed by atoms with Gasteiger partial charge in [0.05, 0.1) is 5.84 Å². The maximum Gasteiger partial charge on any atom is 0.166 e. The van der Waals surface area contributed by atoms with E-state index in [1.54, 1.807) is 18.7 Å². The normalized spacial score (nSPS) is 27.1. The molecule has 0 amide bonds. The molecular formula is C12H23N3O2S2. The maximum absolute atomic E-state index is 12.2. The molecule has 7 heteroatoms. The minimum Gasteiger partial charge on any atom is -0.388 e. The van der Waals surface area contributed by atoms with E-state index in [1.807, 2.05) is 0 Å². The van der Waals surface area contributed by atoms with Crippen molar-refractivity contribution in [2.45, 2.75) is 31.6 Å². The molecule has 2 fully saturated rings. The van der Waals surface area contributed by atoms with Gasteiger partial charge in [0.2, 0.25) is 0 Å². The highest BCUT2D eigenvalue weighted by Crippen LogP contribution is 2.50. The second kappa shape index (κ2) is 5.61. The number of amidine groups is 1. The quantitative estimate of drug-likeness (QED) is 0.562. The smallest absolute Gasteiger partial charge is 0.166 e. The van der Waals surface area contributed by atoms with Crippen molar-refractivity contribution < 1.29 is 8.42 Å². The van der Waals surface area contributed by atoms with Crippen molar-refractivity contribution in [1.82, 2.24) is 4.90 Å². The second-order valence-electron chi connectivity index (χ2n) is 5.65. The molecule has 2 aliphatic rings. The van der Waals surface area contributed by atoms with Crippen LogP contribution in [0.3, 0.4) is 0 Å². The largest absolute Gasteiger partial charge is 0.388 e. The number of rotatable bonds is 6. The van der Waals surface area contributed by atoms with E-state index < -0.39 is 9.84 Å². The van der Waals surface area contributed by atoms with E-state index in [-0.39, 0.29) is 22.4 Å². The summed E-state index contributed by atoms with van der Waals surface area (Å²) in [4.78, 5) is 2.12. The van der Waals surface area contributed by atoms with Crippen LogP contribution in [0.4, 0.5) is 0 Å². The Morgan fingerprint density at radius 2 is 2.21 bits per heavy atom. The summed E-state index contributed by atoms with van der Waals surface area (Å²) >= 11 is 1.72. The molecular weight excluding hydrogens is 282 g/mol. The zero-order valence-electron chi connectivity index (χ0n) is 11.4. The van der Waals surface area contributed by atoms with Crippen LogP contribution in [0.5, 0.6) is 0 Å². The first kappa shape index (κ1) is 15.1. The van der Waals surface area contributed by atoms with Crippen LogP contribution in [0.1, 0.15) is 26.2 Å². The minimum absolute atomic E-state index is 0.0787. The maximum atomic E-state index is 12.2. The van der Waals surface area contributed by atoms with Gasteiger partial charge in [-0.3, -0.25) is 10.3 Å². The molecule has 0 aromatic carbocycles. The summed E-state index contributed by atoms with van der Waals surface area (Å²) in [7, 11) is -3.02. The second-order valence-corrected chi connectivity index (χ2v) is 9.25. The number of thioether (sulfide) groups is 1. The fourth-order valence-electron chi connectivity index (χ4n) is 2.72. The number of hydrogen-bond donors (Lipinski definition) is 2. The van der Waals surface area contributed by atoms with E-state index in [9.17, 15) is 8.42 Å². The van der Waals surface area contributed by atoms with Crippen LogP contribution in [0.2, 0.25) is 0 Å². The van der Waals surface area contributed by atoms with E-state index in [2.05, 4.69) is 4.90 Å². The number of nitrogens with two attached hydrogens (primary N) is 1. The molecule has 1 atom stereocenters. The van der Waals surface area contributed by atoms with Crippen molar-refractivity contribution >= 4 is 27.4 Å². The molecule has 110 valence electrons. The topological polar surface area (TPSA) is 87.2 Å². The first-order valence-corrected chi connectivity index (χ1v) is 9.62. The molecule has 0 radical (unpaired) electrons. The summed E-state index contributed by atoms with van der Waals surface area (Å²) < 4.78 is 24.3. The van der Waals surface area contributed by atoms with Crippen molar-refractivity contribution in [2.24, 2.45) is 11.1 Å². The summed E-state index contributed by atoms with van der Waals surface area (Å²) in [5.41, 5.74) is 5.59. The molecule has 0 spiro atoms.